The Morgan fingerprint density at radius 1 is 1.11 bits per heavy atom. The van der Waals surface area contributed by atoms with Crippen molar-refractivity contribution in [3.8, 4) is 5.75 Å². The van der Waals surface area contributed by atoms with Gasteiger partial charge >= 0.3 is 7.12 Å². The monoisotopic (exact) mass is 261 g/mol. The van der Waals surface area contributed by atoms with Crippen molar-refractivity contribution in [3.63, 3.8) is 0 Å². The van der Waals surface area contributed by atoms with E-state index in [1.165, 1.54) is 0 Å². The van der Waals surface area contributed by atoms with Gasteiger partial charge in [-0.15, -0.1) is 0 Å². The van der Waals surface area contributed by atoms with Crippen molar-refractivity contribution in [1.29, 1.82) is 0 Å². The van der Waals surface area contributed by atoms with Crippen molar-refractivity contribution in [2.24, 2.45) is 0 Å². The van der Waals surface area contributed by atoms with Crippen LogP contribution in [0, 0.1) is 0 Å². The molecule has 0 atom stereocenters. The highest BCUT2D eigenvalue weighted by Gasteiger charge is 2.51. The first-order chi connectivity index (χ1) is 8.89. The molecular weight excluding hydrogens is 241 g/mol. The van der Waals surface area contributed by atoms with Crippen LogP contribution in [0.1, 0.15) is 27.7 Å². The van der Waals surface area contributed by atoms with Crippen LogP contribution in [0.2, 0.25) is 0 Å². The van der Waals surface area contributed by atoms with Crippen LogP contribution >= 0.6 is 0 Å². The molecule has 0 radical (unpaired) electrons. The fourth-order valence-corrected chi connectivity index (χ4v) is 2.28. The summed E-state index contributed by atoms with van der Waals surface area (Å²) in [4.78, 5) is 0. The average molecular weight is 261 g/mol. The van der Waals surface area contributed by atoms with Gasteiger partial charge in [0, 0.05) is 6.54 Å². The first-order valence-electron chi connectivity index (χ1n) is 6.75. The van der Waals surface area contributed by atoms with Gasteiger partial charge in [-0.1, -0.05) is 6.07 Å². The number of fused-ring (bicyclic) bond motifs is 1. The Morgan fingerprint density at radius 2 is 1.79 bits per heavy atom. The number of hydrogen-bond acceptors (Lipinski definition) is 4. The van der Waals surface area contributed by atoms with Gasteiger partial charge in [0.2, 0.25) is 0 Å². The zero-order valence-corrected chi connectivity index (χ0v) is 11.9. The van der Waals surface area contributed by atoms with Crippen LogP contribution < -0.4 is 15.5 Å². The van der Waals surface area contributed by atoms with E-state index in [1.54, 1.807) is 0 Å². The summed E-state index contributed by atoms with van der Waals surface area (Å²) in [6.45, 7) is 9.79. The van der Waals surface area contributed by atoms with Crippen LogP contribution in [-0.4, -0.2) is 31.5 Å². The molecule has 0 saturated carbocycles. The molecule has 0 aliphatic carbocycles. The molecule has 2 aliphatic rings. The van der Waals surface area contributed by atoms with Gasteiger partial charge in [-0.2, -0.15) is 0 Å². The maximum absolute atomic E-state index is 6.05. The van der Waals surface area contributed by atoms with Crippen molar-refractivity contribution in [3.05, 3.63) is 18.2 Å². The molecule has 1 saturated heterocycles. The largest absolute Gasteiger partial charge is 0.494 e. The van der Waals surface area contributed by atoms with E-state index in [9.17, 15) is 0 Å². The van der Waals surface area contributed by atoms with Gasteiger partial charge in [-0.3, -0.25) is 0 Å². The molecule has 0 aromatic heterocycles. The topological polar surface area (TPSA) is 39.7 Å². The van der Waals surface area contributed by atoms with Crippen molar-refractivity contribution in [2.45, 2.75) is 38.9 Å². The third-order valence-electron chi connectivity index (χ3n) is 4.20. The molecule has 0 spiro atoms. The Morgan fingerprint density at radius 3 is 2.47 bits per heavy atom. The minimum atomic E-state index is -0.320. The molecule has 0 bridgehead atoms. The second-order valence-electron chi connectivity index (χ2n) is 6.12. The van der Waals surface area contributed by atoms with E-state index in [2.05, 4.69) is 39.1 Å². The highest BCUT2D eigenvalue weighted by atomic mass is 16.7. The lowest BCUT2D eigenvalue weighted by atomic mass is 9.79. The quantitative estimate of drug-likeness (QED) is 0.782. The molecule has 1 N–H and O–H groups in total. The normalized spacial score (nSPS) is 23.5. The predicted octanol–water partition coefficient (Wildman–Crippen LogP) is 1.79. The fraction of sp³-hybridized carbons (Fsp3) is 0.571. The SMILES string of the molecule is CC1(C)OB(c2ccc3c(c2)NCCO3)OC1(C)C. The van der Waals surface area contributed by atoms with Crippen molar-refractivity contribution in [1.82, 2.24) is 0 Å². The lowest BCUT2D eigenvalue weighted by Crippen LogP contribution is -2.41. The van der Waals surface area contributed by atoms with Crippen LogP contribution in [0.25, 0.3) is 0 Å². The minimum Gasteiger partial charge on any atom is -0.490 e. The lowest BCUT2D eigenvalue weighted by molar-refractivity contribution is 0.00578. The summed E-state index contributed by atoms with van der Waals surface area (Å²) in [7, 11) is -0.320. The lowest BCUT2D eigenvalue weighted by Gasteiger charge is -2.32. The molecule has 19 heavy (non-hydrogen) atoms. The van der Waals surface area contributed by atoms with E-state index < -0.39 is 0 Å². The molecule has 2 heterocycles. The number of anilines is 1. The van der Waals surface area contributed by atoms with E-state index in [4.69, 9.17) is 14.0 Å². The zero-order chi connectivity index (χ0) is 13.7. The molecule has 2 aliphatic heterocycles. The Balaban J connectivity index is 1.88. The van der Waals surface area contributed by atoms with Gasteiger partial charge in [-0.25, -0.2) is 0 Å². The van der Waals surface area contributed by atoms with E-state index >= 15 is 0 Å². The Kier molecular flexibility index (Phi) is 2.80. The van der Waals surface area contributed by atoms with E-state index in [0.717, 1.165) is 23.4 Å². The standard InChI is InChI=1S/C14H20BNO3/c1-13(2)14(3,4)19-15(18-13)10-5-6-12-11(9-10)16-7-8-17-12/h5-6,9,16H,7-8H2,1-4H3. The molecule has 5 heteroatoms. The second kappa shape index (κ2) is 4.15. The number of ether oxygens (including phenoxy) is 1. The molecule has 102 valence electrons. The second-order valence-corrected chi connectivity index (χ2v) is 6.12. The van der Waals surface area contributed by atoms with Crippen LogP contribution in [0.3, 0.4) is 0 Å². The van der Waals surface area contributed by atoms with Gasteiger partial charge in [0.15, 0.2) is 0 Å². The summed E-state index contributed by atoms with van der Waals surface area (Å²) in [5, 5.41) is 3.33. The van der Waals surface area contributed by atoms with Crippen molar-refractivity contribution >= 4 is 18.3 Å². The van der Waals surface area contributed by atoms with Gasteiger partial charge in [0.05, 0.1) is 16.9 Å². The summed E-state index contributed by atoms with van der Waals surface area (Å²) in [5.74, 6) is 0.895. The molecule has 1 fully saturated rings. The van der Waals surface area contributed by atoms with Crippen molar-refractivity contribution < 1.29 is 14.0 Å². The third kappa shape index (κ3) is 2.11. The number of nitrogens with one attached hydrogen (secondary N) is 1. The minimum absolute atomic E-state index is 0.308. The maximum Gasteiger partial charge on any atom is 0.494 e. The summed E-state index contributed by atoms with van der Waals surface area (Å²) in [6.07, 6.45) is 0. The highest BCUT2D eigenvalue weighted by Crippen LogP contribution is 2.37. The average Bonchev–Trinajstić information content (AvgIpc) is 2.58. The Bertz CT molecular complexity index is 485. The summed E-state index contributed by atoms with van der Waals surface area (Å²) in [6, 6.07) is 6.03. The first kappa shape index (κ1) is 12.8. The van der Waals surface area contributed by atoms with Gasteiger partial charge in [0.25, 0.3) is 0 Å². The van der Waals surface area contributed by atoms with Crippen LogP contribution in [-0.2, 0) is 9.31 Å². The number of rotatable bonds is 1. The molecule has 3 rings (SSSR count). The number of benzene rings is 1. The van der Waals surface area contributed by atoms with E-state index in [1.807, 2.05) is 12.1 Å². The molecule has 0 amide bonds. The van der Waals surface area contributed by atoms with Crippen LogP contribution in [0.4, 0.5) is 5.69 Å². The smallest absolute Gasteiger partial charge is 0.490 e. The van der Waals surface area contributed by atoms with E-state index in [-0.39, 0.29) is 18.3 Å². The molecule has 4 nitrogen and oxygen atoms in total. The zero-order valence-electron chi connectivity index (χ0n) is 11.9. The molecule has 0 unspecified atom stereocenters. The van der Waals surface area contributed by atoms with E-state index in [0.29, 0.717) is 6.61 Å². The van der Waals surface area contributed by atoms with Crippen molar-refractivity contribution in [2.75, 3.05) is 18.5 Å². The summed E-state index contributed by atoms with van der Waals surface area (Å²) in [5.41, 5.74) is 1.42. The predicted molar refractivity (Wildman–Crippen MR) is 76.1 cm³/mol. The first-order valence-corrected chi connectivity index (χ1v) is 6.75. The van der Waals surface area contributed by atoms with Gasteiger partial charge in [-0.05, 0) is 45.3 Å². The molecular formula is C14H20BNO3. The number of hydrogen-bond donors (Lipinski definition) is 1. The van der Waals surface area contributed by atoms with Gasteiger partial charge < -0.3 is 19.4 Å². The Hall–Kier alpha value is -1.20. The van der Waals surface area contributed by atoms with Gasteiger partial charge in [0.1, 0.15) is 12.4 Å². The highest BCUT2D eigenvalue weighted by molar-refractivity contribution is 6.62. The van der Waals surface area contributed by atoms with Crippen LogP contribution in [0.15, 0.2) is 18.2 Å². The molecule has 1 aromatic rings. The summed E-state index contributed by atoms with van der Waals surface area (Å²) < 4.78 is 17.7. The van der Waals surface area contributed by atoms with Crippen LogP contribution in [0.5, 0.6) is 5.75 Å². The maximum atomic E-state index is 6.05. The summed E-state index contributed by atoms with van der Waals surface area (Å²) >= 11 is 0. The third-order valence-corrected chi connectivity index (χ3v) is 4.20. The fourth-order valence-electron chi connectivity index (χ4n) is 2.28. The Labute approximate surface area is 114 Å². The molecule has 1 aromatic carbocycles.